The van der Waals surface area contributed by atoms with Crippen molar-refractivity contribution in [2.75, 3.05) is 13.7 Å². The molecule has 0 radical (unpaired) electrons. The highest BCUT2D eigenvalue weighted by molar-refractivity contribution is 5.85. The normalized spacial score (nSPS) is 17.0. The zero-order chi connectivity index (χ0) is 19.1. The van der Waals surface area contributed by atoms with Gasteiger partial charge in [-0.3, -0.25) is 0 Å². The molecule has 0 amide bonds. The Morgan fingerprint density at radius 2 is 2.00 bits per heavy atom. The van der Waals surface area contributed by atoms with E-state index in [-0.39, 0.29) is 0 Å². The van der Waals surface area contributed by atoms with Crippen LogP contribution in [0.3, 0.4) is 0 Å². The number of fused-ring (bicyclic) bond motifs is 1. The molecule has 1 saturated carbocycles. The second-order valence-corrected chi connectivity index (χ2v) is 7.63. The van der Waals surface area contributed by atoms with E-state index < -0.39 is 12.1 Å². The molecule has 1 atom stereocenters. The number of aliphatic hydroxyl groups is 1. The molecule has 142 valence electrons. The van der Waals surface area contributed by atoms with E-state index in [1.807, 2.05) is 19.1 Å². The molecule has 1 fully saturated rings. The number of aryl methyl sites for hydroxylation is 1. The topological polar surface area (TPSA) is 55.8 Å². The molecule has 27 heavy (non-hydrogen) atoms. The first kappa shape index (κ1) is 18.1. The summed E-state index contributed by atoms with van der Waals surface area (Å²) in [7, 11) is 1.31. The van der Waals surface area contributed by atoms with Crippen molar-refractivity contribution >= 4 is 5.97 Å². The van der Waals surface area contributed by atoms with Gasteiger partial charge in [-0.2, -0.15) is 0 Å². The Bertz CT molecular complexity index is 896. The molecule has 0 aromatic heterocycles. The smallest absolute Gasteiger partial charge is 0.339 e. The molecule has 4 nitrogen and oxygen atoms in total. The number of carbonyl (C=O) groups excluding carboxylic acids is 1. The first-order valence-corrected chi connectivity index (χ1v) is 9.67. The number of ether oxygens (including phenoxy) is 2. The summed E-state index contributed by atoms with van der Waals surface area (Å²) in [5, 5.41) is 10.8. The van der Waals surface area contributed by atoms with Crippen molar-refractivity contribution in [1.29, 1.82) is 0 Å². The molecule has 1 heterocycles. The summed E-state index contributed by atoms with van der Waals surface area (Å²) in [5.74, 6) is 0.834. The summed E-state index contributed by atoms with van der Waals surface area (Å²) in [5.41, 5.74) is 7.30. The van der Waals surface area contributed by atoms with Gasteiger partial charge in [-0.15, -0.1) is 0 Å². The summed E-state index contributed by atoms with van der Waals surface area (Å²) in [6.07, 6.45) is 3.02. The van der Waals surface area contributed by atoms with Crippen LogP contribution in [0.1, 0.15) is 59.1 Å². The van der Waals surface area contributed by atoms with Crippen LogP contribution in [-0.4, -0.2) is 24.8 Å². The molecule has 4 heteroatoms. The van der Waals surface area contributed by atoms with E-state index >= 15 is 0 Å². The molecular formula is C23H26O4. The fourth-order valence-corrected chi connectivity index (χ4v) is 4.24. The van der Waals surface area contributed by atoms with E-state index in [1.54, 1.807) is 0 Å². The largest absolute Gasteiger partial charge is 0.493 e. The Morgan fingerprint density at radius 1 is 1.22 bits per heavy atom. The van der Waals surface area contributed by atoms with Crippen LogP contribution < -0.4 is 4.74 Å². The Balaban J connectivity index is 1.96. The van der Waals surface area contributed by atoms with Crippen LogP contribution in [0.15, 0.2) is 24.3 Å². The van der Waals surface area contributed by atoms with Crippen LogP contribution in [-0.2, 0) is 16.0 Å². The van der Waals surface area contributed by atoms with E-state index in [0.29, 0.717) is 11.5 Å². The van der Waals surface area contributed by atoms with Crippen molar-refractivity contribution in [3.63, 3.8) is 0 Å². The summed E-state index contributed by atoms with van der Waals surface area (Å²) < 4.78 is 10.7. The number of benzene rings is 2. The van der Waals surface area contributed by atoms with Gasteiger partial charge in [0, 0.05) is 5.56 Å². The number of esters is 1. The highest BCUT2D eigenvalue weighted by Crippen LogP contribution is 2.49. The van der Waals surface area contributed by atoms with Gasteiger partial charge in [0.15, 0.2) is 6.10 Å². The van der Waals surface area contributed by atoms with Gasteiger partial charge < -0.3 is 14.6 Å². The van der Waals surface area contributed by atoms with Crippen molar-refractivity contribution in [3.05, 3.63) is 52.1 Å². The van der Waals surface area contributed by atoms with Gasteiger partial charge >= 0.3 is 5.97 Å². The Kier molecular flexibility index (Phi) is 4.68. The van der Waals surface area contributed by atoms with Gasteiger partial charge in [0.2, 0.25) is 0 Å². The zero-order valence-electron chi connectivity index (χ0n) is 16.2. The maximum Gasteiger partial charge on any atom is 0.339 e. The second kappa shape index (κ2) is 7.01. The number of hydrogen-bond donors (Lipinski definition) is 1. The van der Waals surface area contributed by atoms with Gasteiger partial charge in [-0.25, -0.2) is 4.79 Å². The standard InChI is InChI=1S/C23H26O4/c1-13-6-9-18(15-7-8-15)21(20(13)22(24)23(25)26-3)17-10-11-19-16(14(17)2)5-4-12-27-19/h6,9-11,15,22,24H,4-5,7-8,12H2,1-3H3. The van der Waals surface area contributed by atoms with E-state index in [2.05, 4.69) is 19.1 Å². The highest BCUT2D eigenvalue weighted by atomic mass is 16.5. The van der Waals surface area contributed by atoms with E-state index in [9.17, 15) is 9.90 Å². The molecule has 2 aromatic rings. The summed E-state index contributed by atoms with van der Waals surface area (Å²) in [4.78, 5) is 12.2. The third kappa shape index (κ3) is 3.12. The van der Waals surface area contributed by atoms with Crippen molar-refractivity contribution in [2.24, 2.45) is 0 Å². The minimum Gasteiger partial charge on any atom is -0.493 e. The minimum atomic E-state index is -1.28. The predicted octanol–water partition coefficient (Wildman–Crippen LogP) is 4.38. The number of methoxy groups -OCH3 is 1. The summed E-state index contributed by atoms with van der Waals surface area (Å²) in [6.45, 7) is 4.82. The molecule has 2 aromatic carbocycles. The van der Waals surface area contributed by atoms with Crippen LogP contribution >= 0.6 is 0 Å². The van der Waals surface area contributed by atoms with Crippen LogP contribution in [0.2, 0.25) is 0 Å². The second-order valence-electron chi connectivity index (χ2n) is 7.63. The van der Waals surface area contributed by atoms with Crippen molar-refractivity contribution in [2.45, 2.75) is 51.6 Å². The molecule has 1 aliphatic heterocycles. The SMILES string of the molecule is COC(=O)C(O)c1c(C)ccc(C2CC2)c1-c1ccc2c(c1C)CCCO2. The molecular weight excluding hydrogens is 340 g/mol. The van der Waals surface area contributed by atoms with Crippen molar-refractivity contribution < 1.29 is 19.4 Å². The first-order chi connectivity index (χ1) is 13.0. The number of carbonyl (C=O) groups is 1. The van der Waals surface area contributed by atoms with Crippen molar-refractivity contribution in [1.82, 2.24) is 0 Å². The molecule has 0 bridgehead atoms. The molecule has 4 rings (SSSR count). The molecule has 2 aliphatic rings. The van der Waals surface area contributed by atoms with E-state index in [0.717, 1.165) is 54.7 Å². The van der Waals surface area contributed by atoms with Gasteiger partial charge in [0.1, 0.15) is 5.75 Å². The predicted molar refractivity (Wildman–Crippen MR) is 104 cm³/mol. The third-order valence-electron chi connectivity index (χ3n) is 5.86. The summed E-state index contributed by atoms with van der Waals surface area (Å²) in [6, 6.07) is 8.28. The molecule has 0 saturated heterocycles. The fourth-order valence-electron chi connectivity index (χ4n) is 4.24. The maximum absolute atomic E-state index is 12.2. The monoisotopic (exact) mass is 366 g/mol. The fraction of sp³-hybridized carbons (Fsp3) is 0.435. The zero-order valence-corrected chi connectivity index (χ0v) is 16.2. The highest BCUT2D eigenvalue weighted by Gasteiger charge is 2.33. The van der Waals surface area contributed by atoms with Crippen LogP contribution in [0, 0.1) is 13.8 Å². The number of rotatable bonds is 4. The molecule has 1 unspecified atom stereocenters. The molecule has 0 spiro atoms. The lowest BCUT2D eigenvalue weighted by Crippen LogP contribution is -2.17. The average molecular weight is 366 g/mol. The van der Waals surface area contributed by atoms with E-state index in [4.69, 9.17) is 9.47 Å². The number of aliphatic hydroxyl groups excluding tert-OH is 1. The summed E-state index contributed by atoms with van der Waals surface area (Å²) >= 11 is 0. The Hall–Kier alpha value is -2.33. The van der Waals surface area contributed by atoms with E-state index in [1.165, 1.54) is 23.8 Å². The van der Waals surface area contributed by atoms with Crippen molar-refractivity contribution in [3.8, 4) is 16.9 Å². The lowest BCUT2D eigenvalue weighted by atomic mass is 9.83. The molecule has 1 aliphatic carbocycles. The van der Waals surface area contributed by atoms with Gasteiger partial charge in [0.25, 0.3) is 0 Å². The number of hydrogen-bond acceptors (Lipinski definition) is 4. The average Bonchev–Trinajstić information content (AvgIpc) is 3.52. The van der Waals surface area contributed by atoms with Gasteiger partial charge in [0.05, 0.1) is 13.7 Å². The lowest BCUT2D eigenvalue weighted by molar-refractivity contribution is -0.150. The van der Waals surface area contributed by atoms with Gasteiger partial charge in [-0.1, -0.05) is 18.2 Å². The Labute approximate surface area is 160 Å². The maximum atomic E-state index is 12.2. The quantitative estimate of drug-likeness (QED) is 0.816. The first-order valence-electron chi connectivity index (χ1n) is 9.67. The molecule has 1 N–H and O–H groups in total. The van der Waals surface area contributed by atoms with Crippen LogP contribution in [0.25, 0.3) is 11.1 Å². The third-order valence-corrected chi connectivity index (χ3v) is 5.86. The van der Waals surface area contributed by atoms with Gasteiger partial charge in [-0.05, 0) is 84.9 Å². The van der Waals surface area contributed by atoms with Crippen LogP contribution in [0.5, 0.6) is 5.75 Å². The Morgan fingerprint density at radius 3 is 2.70 bits per heavy atom. The van der Waals surface area contributed by atoms with Crippen LogP contribution in [0.4, 0.5) is 0 Å². The lowest BCUT2D eigenvalue weighted by Gasteiger charge is -2.25. The minimum absolute atomic E-state index is 0.496.